The van der Waals surface area contributed by atoms with Crippen LogP contribution in [0.1, 0.15) is 62.3 Å². The van der Waals surface area contributed by atoms with Crippen molar-refractivity contribution >= 4 is 5.97 Å². The summed E-state index contributed by atoms with van der Waals surface area (Å²) in [5, 5.41) is 0. The van der Waals surface area contributed by atoms with Gasteiger partial charge in [0.2, 0.25) is 0 Å². The fourth-order valence-corrected chi connectivity index (χ4v) is 2.10. The molecule has 0 amide bonds. The minimum absolute atomic E-state index is 0.0142. The van der Waals surface area contributed by atoms with Gasteiger partial charge in [-0.3, -0.25) is 4.79 Å². The van der Waals surface area contributed by atoms with Crippen LogP contribution in [0, 0.1) is 29.1 Å². The summed E-state index contributed by atoms with van der Waals surface area (Å²) in [6, 6.07) is 0. The lowest BCUT2D eigenvalue weighted by Crippen LogP contribution is -2.35. The summed E-state index contributed by atoms with van der Waals surface area (Å²) >= 11 is 0. The minimum Gasteiger partial charge on any atom is -0.462 e. The maximum Gasteiger partial charge on any atom is 0.308 e. The van der Waals surface area contributed by atoms with Crippen LogP contribution in [0.2, 0.25) is 0 Å². The normalized spacial score (nSPS) is 19.2. The Bertz CT molecular complexity index is 263. The van der Waals surface area contributed by atoms with Gasteiger partial charge >= 0.3 is 5.97 Å². The first-order valence-corrected chi connectivity index (χ1v) is 7.19. The van der Waals surface area contributed by atoms with Crippen molar-refractivity contribution in [2.75, 3.05) is 0 Å². The standard InChI is InChI=1S/C16H32O2/c1-10(2)15(17)18-14(6)12(4)11(3)13(5)16(7,8)9/h10-14H,1-9H3. The average Bonchev–Trinajstić information content (AvgIpc) is 2.24. The van der Waals surface area contributed by atoms with Crippen LogP contribution in [0.25, 0.3) is 0 Å². The van der Waals surface area contributed by atoms with Crippen LogP contribution in [0.4, 0.5) is 0 Å². The average molecular weight is 256 g/mol. The van der Waals surface area contributed by atoms with E-state index in [0.29, 0.717) is 17.8 Å². The van der Waals surface area contributed by atoms with Gasteiger partial charge in [0.25, 0.3) is 0 Å². The molecule has 4 unspecified atom stereocenters. The van der Waals surface area contributed by atoms with Gasteiger partial charge in [0.05, 0.1) is 5.92 Å². The predicted octanol–water partition coefficient (Wildman–Crippen LogP) is 4.53. The molecule has 0 fully saturated rings. The van der Waals surface area contributed by atoms with Gasteiger partial charge < -0.3 is 4.74 Å². The van der Waals surface area contributed by atoms with Crippen molar-refractivity contribution in [2.45, 2.75) is 68.4 Å². The third-order valence-electron chi connectivity index (χ3n) is 4.50. The van der Waals surface area contributed by atoms with Crippen molar-refractivity contribution < 1.29 is 9.53 Å². The summed E-state index contributed by atoms with van der Waals surface area (Å²) in [6.45, 7) is 19.3. The zero-order chi connectivity index (χ0) is 14.7. The molecule has 0 spiro atoms. The van der Waals surface area contributed by atoms with Crippen LogP contribution in [0.3, 0.4) is 0 Å². The Hall–Kier alpha value is -0.530. The van der Waals surface area contributed by atoms with Gasteiger partial charge in [-0.15, -0.1) is 0 Å². The molecule has 18 heavy (non-hydrogen) atoms. The molecule has 2 heteroatoms. The van der Waals surface area contributed by atoms with Crippen molar-refractivity contribution in [1.29, 1.82) is 0 Å². The lowest BCUT2D eigenvalue weighted by Gasteiger charge is -2.37. The molecule has 2 nitrogen and oxygen atoms in total. The topological polar surface area (TPSA) is 26.3 Å². The zero-order valence-corrected chi connectivity index (χ0v) is 13.7. The highest BCUT2D eigenvalue weighted by Gasteiger charge is 2.32. The Kier molecular flexibility index (Phi) is 6.39. The number of esters is 1. The fraction of sp³-hybridized carbons (Fsp3) is 0.938. The van der Waals surface area contributed by atoms with Crippen LogP contribution >= 0.6 is 0 Å². The molecule has 0 aromatic heterocycles. The monoisotopic (exact) mass is 256 g/mol. The Morgan fingerprint density at radius 3 is 1.67 bits per heavy atom. The van der Waals surface area contributed by atoms with Gasteiger partial charge in [0.1, 0.15) is 6.10 Å². The molecule has 4 atom stereocenters. The van der Waals surface area contributed by atoms with Crippen LogP contribution < -0.4 is 0 Å². The van der Waals surface area contributed by atoms with Gasteiger partial charge in [-0.2, -0.15) is 0 Å². The van der Waals surface area contributed by atoms with E-state index in [4.69, 9.17) is 4.74 Å². The molecule has 0 saturated carbocycles. The first-order chi connectivity index (χ1) is 7.98. The number of hydrogen-bond donors (Lipinski definition) is 0. The van der Waals surface area contributed by atoms with E-state index in [1.807, 2.05) is 20.8 Å². The maximum absolute atomic E-state index is 11.6. The second-order valence-corrected chi connectivity index (χ2v) is 7.17. The number of rotatable bonds is 5. The van der Waals surface area contributed by atoms with Gasteiger partial charge in [-0.25, -0.2) is 0 Å². The Morgan fingerprint density at radius 2 is 1.33 bits per heavy atom. The van der Waals surface area contributed by atoms with Crippen LogP contribution in [0.5, 0.6) is 0 Å². The Morgan fingerprint density at radius 1 is 0.889 bits per heavy atom. The summed E-state index contributed by atoms with van der Waals surface area (Å²) in [7, 11) is 0. The molecule has 0 rings (SSSR count). The summed E-state index contributed by atoms with van der Waals surface area (Å²) in [5.74, 6) is 1.36. The lowest BCUT2D eigenvalue weighted by molar-refractivity contribution is -0.155. The van der Waals surface area contributed by atoms with E-state index in [9.17, 15) is 4.79 Å². The SMILES string of the molecule is CC(C)C(=O)OC(C)C(C)C(C)C(C)C(C)(C)C. The van der Waals surface area contributed by atoms with Crippen LogP contribution in [0.15, 0.2) is 0 Å². The number of ether oxygens (including phenoxy) is 1. The molecule has 0 aliphatic carbocycles. The quantitative estimate of drug-likeness (QED) is 0.676. The molecule has 0 N–H and O–H groups in total. The molecular weight excluding hydrogens is 224 g/mol. The second kappa shape index (κ2) is 6.58. The first-order valence-electron chi connectivity index (χ1n) is 7.19. The molecule has 0 aromatic rings. The van der Waals surface area contributed by atoms with Crippen molar-refractivity contribution in [3.05, 3.63) is 0 Å². The van der Waals surface area contributed by atoms with E-state index in [1.54, 1.807) is 0 Å². The molecule has 0 heterocycles. The molecule has 0 radical (unpaired) electrons. The molecule has 0 aliphatic heterocycles. The zero-order valence-electron chi connectivity index (χ0n) is 13.7. The van der Waals surface area contributed by atoms with E-state index in [-0.39, 0.29) is 23.4 Å². The smallest absolute Gasteiger partial charge is 0.308 e. The van der Waals surface area contributed by atoms with Crippen molar-refractivity contribution in [3.8, 4) is 0 Å². The van der Waals surface area contributed by atoms with Crippen molar-refractivity contribution in [3.63, 3.8) is 0 Å². The highest BCUT2D eigenvalue weighted by molar-refractivity contribution is 5.71. The molecule has 0 aliphatic rings. The van der Waals surface area contributed by atoms with Gasteiger partial charge in [-0.1, -0.05) is 55.4 Å². The summed E-state index contributed by atoms with van der Waals surface area (Å²) < 4.78 is 5.52. The van der Waals surface area contributed by atoms with Crippen molar-refractivity contribution in [1.82, 2.24) is 0 Å². The second-order valence-electron chi connectivity index (χ2n) is 7.17. The van der Waals surface area contributed by atoms with E-state index < -0.39 is 0 Å². The molecular formula is C16H32O2. The van der Waals surface area contributed by atoms with E-state index in [2.05, 4.69) is 41.5 Å². The van der Waals surface area contributed by atoms with E-state index in [1.165, 1.54) is 0 Å². The third-order valence-corrected chi connectivity index (χ3v) is 4.50. The highest BCUT2D eigenvalue weighted by atomic mass is 16.5. The van der Waals surface area contributed by atoms with Gasteiger partial charge in [0, 0.05) is 0 Å². The predicted molar refractivity (Wildman–Crippen MR) is 77.3 cm³/mol. The highest BCUT2D eigenvalue weighted by Crippen LogP contribution is 2.36. The Labute approximate surface area is 113 Å². The third kappa shape index (κ3) is 4.99. The van der Waals surface area contributed by atoms with E-state index in [0.717, 1.165) is 0 Å². The Balaban J connectivity index is 4.55. The fourth-order valence-electron chi connectivity index (χ4n) is 2.10. The summed E-state index contributed by atoms with van der Waals surface area (Å²) in [5.41, 5.74) is 0.287. The number of carbonyl (C=O) groups is 1. The van der Waals surface area contributed by atoms with Crippen LogP contribution in [-0.4, -0.2) is 12.1 Å². The molecule has 0 saturated heterocycles. The number of hydrogen-bond acceptors (Lipinski definition) is 2. The largest absolute Gasteiger partial charge is 0.462 e. The maximum atomic E-state index is 11.6. The lowest BCUT2D eigenvalue weighted by atomic mass is 9.70. The van der Waals surface area contributed by atoms with Crippen LogP contribution in [-0.2, 0) is 9.53 Å². The molecule has 0 bridgehead atoms. The summed E-state index contributed by atoms with van der Waals surface area (Å²) in [6.07, 6.45) is -0.0142. The molecule has 108 valence electrons. The van der Waals surface area contributed by atoms with E-state index >= 15 is 0 Å². The minimum atomic E-state index is -0.0926. The number of carbonyl (C=O) groups excluding carboxylic acids is 1. The van der Waals surface area contributed by atoms with Gasteiger partial charge in [-0.05, 0) is 30.1 Å². The first kappa shape index (κ1) is 17.5. The summed E-state index contributed by atoms with van der Waals surface area (Å²) in [4.78, 5) is 11.6. The van der Waals surface area contributed by atoms with Gasteiger partial charge in [0.15, 0.2) is 0 Å². The van der Waals surface area contributed by atoms with Crippen molar-refractivity contribution in [2.24, 2.45) is 29.1 Å². The molecule has 0 aromatic carbocycles.